The minimum atomic E-state index is -0.503. The summed E-state index contributed by atoms with van der Waals surface area (Å²) < 4.78 is 0. The Labute approximate surface area is 94.1 Å². The van der Waals surface area contributed by atoms with Gasteiger partial charge in [-0.2, -0.15) is 0 Å². The van der Waals surface area contributed by atoms with Crippen LogP contribution in [0.1, 0.15) is 36.5 Å². The first-order chi connectivity index (χ1) is 7.70. The average molecular weight is 215 g/mol. The Balaban J connectivity index is 2.17. The molecule has 16 heavy (non-hydrogen) atoms. The molecule has 0 unspecified atom stereocenters. The summed E-state index contributed by atoms with van der Waals surface area (Å²) in [4.78, 5) is 25.9. The van der Waals surface area contributed by atoms with Crippen molar-refractivity contribution < 1.29 is 9.59 Å². The summed E-state index contributed by atoms with van der Waals surface area (Å²) in [6.45, 7) is 1.84. The second-order valence-electron chi connectivity index (χ2n) is 4.46. The fourth-order valence-electron chi connectivity index (χ4n) is 2.54. The first kappa shape index (κ1) is 9.58. The Hall–Kier alpha value is -1.64. The zero-order valence-electron chi connectivity index (χ0n) is 9.19. The molecule has 82 valence electrons. The van der Waals surface area contributed by atoms with Gasteiger partial charge in [0, 0.05) is 12.0 Å². The third kappa shape index (κ3) is 0.979. The molecule has 1 saturated carbocycles. The SMILES string of the molecule is CCC(=O)N1c2ccccc2C(=O)C12CC2. The van der Waals surface area contributed by atoms with E-state index >= 15 is 0 Å². The van der Waals surface area contributed by atoms with Crippen molar-refractivity contribution in [2.45, 2.75) is 31.7 Å². The molecule has 0 saturated heterocycles. The van der Waals surface area contributed by atoms with Crippen molar-refractivity contribution in [1.82, 2.24) is 0 Å². The summed E-state index contributed by atoms with van der Waals surface area (Å²) in [7, 11) is 0. The van der Waals surface area contributed by atoms with Gasteiger partial charge >= 0.3 is 0 Å². The normalized spacial score (nSPS) is 20.1. The Bertz CT molecular complexity index is 488. The van der Waals surface area contributed by atoms with E-state index in [2.05, 4.69) is 0 Å². The Morgan fingerprint density at radius 2 is 2.06 bits per heavy atom. The largest absolute Gasteiger partial charge is 0.298 e. The molecule has 0 atom stereocenters. The lowest BCUT2D eigenvalue weighted by Crippen LogP contribution is -2.41. The first-order valence-electron chi connectivity index (χ1n) is 5.67. The fraction of sp³-hybridized carbons (Fsp3) is 0.385. The van der Waals surface area contributed by atoms with Gasteiger partial charge in [-0.1, -0.05) is 19.1 Å². The van der Waals surface area contributed by atoms with E-state index in [1.54, 1.807) is 4.90 Å². The molecule has 1 fully saturated rings. The quantitative estimate of drug-likeness (QED) is 0.719. The molecule has 1 aliphatic carbocycles. The van der Waals surface area contributed by atoms with Gasteiger partial charge in [-0.05, 0) is 25.0 Å². The lowest BCUT2D eigenvalue weighted by atomic mass is 10.1. The maximum atomic E-state index is 12.2. The van der Waals surface area contributed by atoms with Crippen molar-refractivity contribution in [2.24, 2.45) is 0 Å². The molecule has 3 nitrogen and oxygen atoms in total. The molecule has 1 amide bonds. The van der Waals surface area contributed by atoms with Crippen molar-refractivity contribution in [1.29, 1.82) is 0 Å². The van der Waals surface area contributed by atoms with Crippen LogP contribution in [0.2, 0.25) is 0 Å². The van der Waals surface area contributed by atoms with Gasteiger partial charge in [0.15, 0.2) is 5.78 Å². The van der Waals surface area contributed by atoms with Crippen molar-refractivity contribution in [3.05, 3.63) is 29.8 Å². The maximum Gasteiger partial charge on any atom is 0.227 e. The van der Waals surface area contributed by atoms with Crippen LogP contribution in [0.4, 0.5) is 5.69 Å². The molecule has 0 bridgehead atoms. The van der Waals surface area contributed by atoms with Crippen LogP contribution in [0.25, 0.3) is 0 Å². The predicted molar refractivity (Wildman–Crippen MR) is 60.5 cm³/mol. The number of carbonyl (C=O) groups is 2. The molecule has 3 heteroatoms. The standard InChI is InChI=1S/C13H13NO2/c1-2-11(15)14-10-6-4-3-5-9(10)12(16)13(14)7-8-13/h3-6H,2,7-8H2,1H3. The van der Waals surface area contributed by atoms with Crippen molar-refractivity contribution >= 4 is 17.4 Å². The van der Waals surface area contributed by atoms with Gasteiger partial charge in [0.1, 0.15) is 5.54 Å². The molecular formula is C13H13NO2. The number of nitrogens with zero attached hydrogens (tertiary/aromatic N) is 1. The van der Waals surface area contributed by atoms with E-state index in [1.165, 1.54) is 0 Å². The molecule has 0 aromatic heterocycles. The molecule has 0 N–H and O–H groups in total. The fourth-order valence-corrected chi connectivity index (χ4v) is 2.54. The van der Waals surface area contributed by atoms with Crippen LogP contribution in [0, 0.1) is 0 Å². The number of Topliss-reactive ketones (excluding diaryl/α,β-unsaturated/α-hetero) is 1. The zero-order valence-corrected chi connectivity index (χ0v) is 9.19. The number of benzene rings is 1. The van der Waals surface area contributed by atoms with Crippen LogP contribution >= 0.6 is 0 Å². The van der Waals surface area contributed by atoms with E-state index in [-0.39, 0.29) is 11.7 Å². The van der Waals surface area contributed by atoms with E-state index in [4.69, 9.17) is 0 Å². The number of hydrogen-bond acceptors (Lipinski definition) is 2. The number of fused-ring (bicyclic) bond motifs is 1. The molecule has 3 rings (SSSR count). The lowest BCUT2D eigenvalue weighted by Gasteiger charge is -2.23. The second kappa shape index (κ2) is 2.94. The smallest absolute Gasteiger partial charge is 0.227 e. The van der Waals surface area contributed by atoms with E-state index in [1.807, 2.05) is 31.2 Å². The van der Waals surface area contributed by atoms with Crippen LogP contribution in [0.15, 0.2) is 24.3 Å². The van der Waals surface area contributed by atoms with E-state index in [0.29, 0.717) is 12.0 Å². The van der Waals surface area contributed by atoms with Gasteiger partial charge in [-0.15, -0.1) is 0 Å². The minimum Gasteiger partial charge on any atom is -0.298 e. The number of amides is 1. The zero-order chi connectivity index (χ0) is 11.3. The third-order valence-electron chi connectivity index (χ3n) is 3.52. The second-order valence-corrected chi connectivity index (χ2v) is 4.46. The molecule has 1 spiro atoms. The lowest BCUT2D eigenvalue weighted by molar-refractivity contribution is -0.118. The highest BCUT2D eigenvalue weighted by atomic mass is 16.2. The summed E-state index contributed by atoms with van der Waals surface area (Å²) in [5, 5.41) is 0. The van der Waals surface area contributed by atoms with E-state index in [0.717, 1.165) is 18.5 Å². The molecule has 1 heterocycles. The summed E-state index contributed by atoms with van der Waals surface area (Å²) in [5.41, 5.74) is 1.01. The number of rotatable bonds is 1. The minimum absolute atomic E-state index is 0.0517. The van der Waals surface area contributed by atoms with Crippen molar-refractivity contribution in [3.63, 3.8) is 0 Å². The Morgan fingerprint density at radius 1 is 1.38 bits per heavy atom. The summed E-state index contributed by atoms with van der Waals surface area (Å²) >= 11 is 0. The highest BCUT2D eigenvalue weighted by Gasteiger charge is 2.61. The van der Waals surface area contributed by atoms with Gasteiger partial charge in [0.05, 0.1) is 5.69 Å². The third-order valence-corrected chi connectivity index (χ3v) is 3.52. The summed E-state index contributed by atoms with van der Waals surface area (Å²) in [5.74, 6) is 0.181. The monoisotopic (exact) mass is 215 g/mol. The highest BCUT2D eigenvalue weighted by Crippen LogP contribution is 2.53. The number of carbonyl (C=O) groups excluding carboxylic acids is 2. The van der Waals surface area contributed by atoms with Crippen molar-refractivity contribution in [3.8, 4) is 0 Å². The van der Waals surface area contributed by atoms with Crippen LogP contribution < -0.4 is 4.90 Å². The van der Waals surface area contributed by atoms with Gasteiger partial charge in [0.2, 0.25) is 5.91 Å². The average Bonchev–Trinajstić information content (AvgIpc) is 3.05. The van der Waals surface area contributed by atoms with Gasteiger partial charge in [-0.3, -0.25) is 14.5 Å². The van der Waals surface area contributed by atoms with Gasteiger partial charge in [0.25, 0.3) is 0 Å². The molecule has 0 radical (unpaired) electrons. The number of para-hydroxylation sites is 1. The summed E-state index contributed by atoms with van der Waals surface area (Å²) in [6.07, 6.45) is 2.07. The van der Waals surface area contributed by atoms with Gasteiger partial charge in [-0.25, -0.2) is 0 Å². The topological polar surface area (TPSA) is 37.4 Å². The van der Waals surface area contributed by atoms with Crippen molar-refractivity contribution in [2.75, 3.05) is 4.90 Å². The Kier molecular flexibility index (Phi) is 1.76. The molecule has 2 aliphatic rings. The first-order valence-corrected chi connectivity index (χ1v) is 5.67. The van der Waals surface area contributed by atoms with Crippen LogP contribution in [0.5, 0.6) is 0 Å². The van der Waals surface area contributed by atoms with Crippen LogP contribution in [-0.4, -0.2) is 17.2 Å². The number of hydrogen-bond donors (Lipinski definition) is 0. The molecular weight excluding hydrogens is 202 g/mol. The Morgan fingerprint density at radius 3 is 2.69 bits per heavy atom. The van der Waals surface area contributed by atoms with E-state index in [9.17, 15) is 9.59 Å². The highest BCUT2D eigenvalue weighted by molar-refractivity contribution is 6.22. The number of anilines is 1. The van der Waals surface area contributed by atoms with Crippen LogP contribution in [0.3, 0.4) is 0 Å². The van der Waals surface area contributed by atoms with Crippen LogP contribution in [-0.2, 0) is 4.79 Å². The number of ketones is 1. The molecule has 1 aliphatic heterocycles. The molecule has 1 aromatic rings. The molecule has 1 aromatic carbocycles. The van der Waals surface area contributed by atoms with Gasteiger partial charge < -0.3 is 0 Å². The predicted octanol–water partition coefficient (Wildman–Crippen LogP) is 2.16. The van der Waals surface area contributed by atoms with E-state index < -0.39 is 5.54 Å². The summed E-state index contributed by atoms with van der Waals surface area (Å²) in [6, 6.07) is 7.42. The maximum absolute atomic E-state index is 12.2.